The van der Waals surface area contributed by atoms with Gasteiger partial charge in [0.05, 0.1) is 28.3 Å². The van der Waals surface area contributed by atoms with Gasteiger partial charge in [-0.15, -0.1) is 0 Å². The summed E-state index contributed by atoms with van der Waals surface area (Å²) in [5, 5.41) is 12.0. The number of hydrogen-bond donors (Lipinski definition) is 0. The maximum absolute atomic E-state index is 13.2. The minimum absolute atomic E-state index is 0.0284. The molecule has 0 aliphatic carbocycles. The van der Waals surface area contributed by atoms with E-state index in [4.69, 9.17) is 19.2 Å². The van der Waals surface area contributed by atoms with Crippen molar-refractivity contribution in [1.82, 2.24) is 4.98 Å². The minimum atomic E-state index is -0.556. The zero-order valence-corrected chi connectivity index (χ0v) is 18.3. The number of ether oxygens (including phenoxy) is 3. The Kier molecular flexibility index (Phi) is 5.65. The van der Waals surface area contributed by atoms with Crippen LogP contribution < -0.4 is 4.74 Å². The van der Waals surface area contributed by atoms with Gasteiger partial charge in [-0.2, -0.15) is 0 Å². The molecule has 1 aliphatic heterocycles. The van der Waals surface area contributed by atoms with Crippen LogP contribution in [0.1, 0.15) is 27.0 Å². The highest BCUT2D eigenvalue weighted by Gasteiger charge is 2.23. The van der Waals surface area contributed by atoms with Crippen molar-refractivity contribution < 1.29 is 23.9 Å². The van der Waals surface area contributed by atoms with Crippen LogP contribution in [0.5, 0.6) is 5.75 Å². The summed E-state index contributed by atoms with van der Waals surface area (Å²) in [5.74, 6) is -0.108. The van der Waals surface area contributed by atoms with E-state index >= 15 is 0 Å². The number of rotatable bonds is 5. The molecule has 0 bridgehead atoms. The summed E-state index contributed by atoms with van der Waals surface area (Å²) in [7, 11) is 0. The average Bonchev–Trinajstić information content (AvgIpc) is 2.86. The number of aromatic nitrogens is 1. The van der Waals surface area contributed by atoms with Crippen molar-refractivity contribution in [2.24, 2.45) is 0 Å². The van der Waals surface area contributed by atoms with E-state index in [-0.39, 0.29) is 25.7 Å². The van der Waals surface area contributed by atoms with Crippen LogP contribution in [0, 0.1) is 17.0 Å². The van der Waals surface area contributed by atoms with Gasteiger partial charge in [0.25, 0.3) is 5.69 Å². The zero-order chi connectivity index (χ0) is 23.7. The molecule has 1 aromatic heterocycles. The summed E-state index contributed by atoms with van der Waals surface area (Å²) in [6.07, 6.45) is 0. The fraction of sp³-hybridized carbons (Fsp3) is 0.154. The van der Waals surface area contributed by atoms with E-state index in [1.807, 2.05) is 55.5 Å². The molecular weight excluding hydrogens is 436 g/mol. The standard InChI is InChI=1S/C26H20N2O6/c1-16-6-8-17(9-7-16)24-12-22(21-4-2-3-5-23(21)27-24)26(29)33-14-19-11-20(28(30)31)10-18-13-32-15-34-25(18)19/h2-12H,13-15H2,1H3. The van der Waals surface area contributed by atoms with Crippen molar-refractivity contribution in [3.8, 4) is 17.0 Å². The molecule has 2 heterocycles. The molecule has 4 aromatic rings. The molecule has 0 unspecified atom stereocenters. The number of nitro benzene ring substituents is 1. The molecule has 0 spiro atoms. The first-order chi connectivity index (χ1) is 16.5. The fourth-order valence-electron chi connectivity index (χ4n) is 3.93. The maximum atomic E-state index is 13.2. The summed E-state index contributed by atoms with van der Waals surface area (Å²) in [6, 6.07) is 19.7. The van der Waals surface area contributed by atoms with Crippen LogP contribution in [-0.4, -0.2) is 22.7 Å². The van der Waals surface area contributed by atoms with Crippen LogP contribution in [-0.2, 0) is 22.7 Å². The van der Waals surface area contributed by atoms with Gasteiger partial charge in [-0.3, -0.25) is 10.1 Å². The van der Waals surface area contributed by atoms with Crippen molar-refractivity contribution in [3.63, 3.8) is 0 Å². The third-order valence-electron chi connectivity index (χ3n) is 5.62. The first-order valence-corrected chi connectivity index (χ1v) is 10.6. The number of hydrogen-bond acceptors (Lipinski definition) is 7. The molecule has 5 rings (SSSR count). The molecule has 0 saturated heterocycles. The summed E-state index contributed by atoms with van der Waals surface area (Å²) < 4.78 is 16.4. The number of esters is 1. The van der Waals surface area contributed by atoms with Gasteiger partial charge in [-0.25, -0.2) is 9.78 Å². The van der Waals surface area contributed by atoms with Crippen LogP contribution in [0.4, 0.5) is 5.69 Å². The van der Waals surface area contributed by atoms with Crippen molar-refractivity contribution in [2.45, 2.75) is 20.1 Å². The Morgan fingerprint density at radius 3 is 2.71 bits per heavy atom. The summed E-state index contributed by atoms with van der Waals surface area (Å²) in [5.41, 5.74) is 4.53. The SMILES string of the molecule is Cc1ccc(-c2cc(C(=O)OCc3cc([N+](=O)[O-])cc4c3OCOC4)c3ccccc3n2)cc1. The molecule has 0 saturated carbocycles. The average molecular weight is 456 g/mol. The third kappa shape index (κ3) is 4.18. The van der Waals surface area contributed by atoms with Crippen LogP contribution in [0.2, 0.25) is 0 Å². The minimum Gasteiger partial charge on any atom is -0.467 e. The normalized spacial score (nSPS) is 12.6. The smallest absolute Gasteiger partial charge is 0.339 e. The largest absolute Gasteiger partial charge is 0.467 e. The number of para-hydroxylation sites is 1. The molecular formula is C26H20N2O6. The van der Waals surface area contributed by atoms with Crippen LogP contribution in [0.3, 0.4) is 0 Å². The summed E-state index contributed by atoms with van der Waals surface area (Å²) in [6.45, 7) is 2.04. The topological polar surface area (TPSA) is 101 Å². The number of carbonyl (C=O) groups excluding carboxylic acids is 1. The lowest BCUT2D eigenvalue weighted by atomic mass is 10.0. The van der Waals surface area contributed by atoms with Gasteiger partial charge in [0, 0.05) is 34.2 Å². The summed E-state index contributed by atoms with van der Waals surface area (Å²) in [4.78, 5) is 28.8. The van der Waals surface area contributed by atoms with Crippen LogP contribution in [0.25, 0.3) is 22.2 Å². The second-order valence-corrected chi connectivity index (χ2v) is 7.98. The van der Waals surface area contributed by atoms with Gasteiger partial charge in [0.2, 0.25) is 0 Å². The van der Waals surface area contributed by atoms with Gasteiger partial charge in [0.1, 0.15) is 12.4 Å². The van der Waals surface area contributed by atoms with Crippen molar-refractivity contribution in [3.05, 3.63) is 99.1 Å². The molecule has 0 N–H and O–H groups in total. The van der Waals surface area contributed by atoms with E-state index < -0.39 is 10.9 Å². The van der Waals surface area contributed by atoms with E-state index in [1.165, 1.54) is 12.1 Å². The molecule has 0 fully saturated rings. The Bertz CT molecular complexity index is 1420. The number of benzene rings is 3. The number of pyridine rings is 1. The number of non-ortho nitro benzene ring substituents is 1. The predicted octanol–water partition coefficient (Wildman–Crippen LogP) is 5.34. The molecule has 8 heteroatoms. The van der Waals surface area contributed by atoms with Gasteiger partial charge in [-0.05, 0) is 19.1 Å². The third-order valence-corrected chi connectivity index (χ3v) is 5.62. The Morgan fingerprint density at radius 2 is 1.91 bits per heavy atom. The molecule has 0 atom stereocenters. The predicted molar refractivity (Wildman–Crippen MR) is 124 cm³/mol. The Balaban J connectivity index is 1.49. The van der Waals surface area contributed by atoms with Crippen molar-refractivity contribution in [2.75, 3.05) is 6.79 Å². The molecule has 170 valence electrons. The molecule has 0 amide bonds. The van der Waals surface area contributed by atoms with Crippen LogP contribution >= 0.6 is 0 Å². The molecule has 3 aromatic carbocycles. The number of carbonyl (C=O) groups is 1. The molecule has 0 radical (unpaired) electrons. The first-order valence-electron chi connectivity index (χ1n) is 10.6. The quantitative estimate of drug-likeness (QED) is 0.227. The Hall–Kier alpha value is -4.30. The van der Waals surface area contributed by atoms with Gasteiger partial charge >= 0.3 is 5.97 Å². The fourth-order valence-corrected chi connectivity index (χ4v) is 3.93. The number of nitro groups is 1. The second kappa shape index (κ2) is 8.92. The van der Waals surface area contributed by atoms with Crippen molar-refractivity contribution >= 4 is 22.6 Å². The Labute approximate surface area is 194 Å². The molecule has 8 nitrogen and oxygen atoms in total. The number of fused-ring (bicyclic) bond motifs is 2. The van der Waals surface area contributed by atoms with Gasteiger partial charge in [0.15, 0.2) is 6.79 Å². The lowest BCUT2D eigenvalue weighted by Crippen LogP contribution is -2.15. The van der Waals surface area contributed by atoms with E-state index in [9.17, 15) is 14.9 Å². The molecule has 1 aliphatic rings. The number of aryl methyl sites for hydroxylation is 1. The lowest BCUT2D eigenvalue weighted by Gasteiger charge is -2.20. The van der Waals surface area contributed by atoms with Crippen LogP contribution in [0.15, 0.2) is 66.7 Å². The maximum Gasteiger partial charge on any atom is 0.339 e. The van der Waals surface area contributed by atoms with Crippen molar-refractivity contribution in [1.29, 1.82) is 0 Å². The lowest BCUT2D eigenvalue weighted by molar-refractivity contribution is -0.385. The highest BCUT2D eigenvalue weighted by atomic mass is 16.7. The summed E-state index contributed by atoms with van der Waals surface area (Å²) >= 11 is 0. The van der Waals surface area contributed by atoms with E-state index in [1.54, 1.807) is 6.07 Å². The van der Waals surface area contributed by atoms with Gasteiger partial charge in [-0.1, -0.05) is 48.0 Å². The highest BCUT2D eigenvalue weighted by molar-refractivity contribution is 6.04. The first kappa shape index (κ1) is 21.5. The highest BCUT2D eigenvalue weighted by Crippen LogP contribution is 2.33. The molecule has 34 heavy (non-hydrogen) atoms. The number of nitrogens with zero attached hydrogens (tertiary/aromatic N) is 2. The van der Waals surface area contributed by atoms with E-state index in [2.05, 4.69) is 0 Å². The zero-order valence-electron chi connectivity index (χ0n) is 18.3. The Morgan fingerprint density at radius 1 is 1.12 bits per heavy atom. The second-order valence-electron chi connectivity index (χ2n) is 7.98. The van der Waals surface area contributed by atoms with E-state index in [0.29, 0.717) is 39.0 Å². The van der Waals surface area contributed by atoms with Gasteiger partial charge < -0.3 is 14.2 Å². The van der Waals surface area contributed by atoms with E-state index in [0.717, 1.165) is 11.1 Å². The monoisotopic (exact) mass is 456 g/mol.